The van der Waals surface area contributed by atoms with E-state index in [4.69, 9.17) is 9.47 Å². The minimum Gasteiger partial charge on any atom is -0.462 e. The molecule has 11 nitrogen and oxygen atoms in total. The Morgan fingerprint density at radius 2 is 1.79 bits per heavy atom. The summed E-state index contributed by atoms with van der Waals surface area (Å²) in [6, 6.07) is 5.01. The number of Topliss-reactive ketones (excluding diaryl/α,β-unsaturated/α-hetero) is 1. The maximum atomic E-state index is 12.7. The largest absolute Gasteiger partial charge is 0.462 e. The molecule has 11 heteroatoms. The average molecular weight is 459 g/mol. The van der Waals surface area contributed by atoms with Crippen molar-refractivity contribution in [2.45, 2.75) is 40.2 Å². The van der Waals surface area contributed by atoms with Gasteiger partial charge in [0.25, 0.3) is 11.6 Å². The molecule has 0 bridgehead atoms. The van der Waals surface area contributed by atoms with Crippen molar-refractivity contribution in [3.63, 3.8) is 0 Å². The number of benzene rings is 1. The molecule has 1 aromatic heterocycles. The van der Waals surface area contributed by atoms with E-state index in [2.05, 4.69) is 10.3 Å². The number of carbonyl (C=O) groups excluding carboxylic acids is 4. The number of hydrogen-bond donors (Lipinski definition) is 2. The molecule has 0 fully saturated rings. The van der Waals surface area contributed by atoms with Crippen LogP contribution in [0.25, 0.3) is 0 Å². The normalized spacial score (nSPS) is 11.4. The second kappa shape index (κ2) is 11.0. The summed E-state index contributed by atoms with van der Waals surface area (Å²) in [7, 11) is 0. The molecule has 2 rings (SSSR count). The van der Waals surface area contributed by atoms with Gasteiger partial charge in [-0.1, -0.05) is 0 Å². The van der Waals surface area contributed by atoms with Gasteiger partial charge in [-0.15, -0.1) is 0 Å². The molecule has 0 aliphatic carbocycles. The highest BCUT2D eigenvalue weighted by Gasteiger charge is 2.27. The van der Waals surface area contributed by atoms with E-state index in [1.807, 2.05) is 0 Å². The molecule has 0 radical (unpaired) electrons. The zero-order valence-corrected chi connectivity index (χ0v) is 18.7. The van der Waals surface area contributed by atoms with Gasteiger partial charge >= 0.3 is 11.9 Å². The van der Waals surface area contributed by atoms with Gasteiger partial charge in [-0.05, 0) is 45.4 Å². The fraction of sp³-hybridized carbons (Fsp3) is 0.364. The molecule has 2 aromatic rings. The van der Waals surface area contributed by atoms with Crippen LogP contribution in [0.4, 0.5) is 5.69 Å². The number of esters is 2. The Morgan fingerprint density at radius 1 is 1.15 bits per heavy atom. The Balaban J connectivity index is 1.89. The molecule has 0 saturated heterocycles. The number of H-pyrrole nitrogens is 1. The molecule has 33 heavy (non-hydrogen) atoms. The molecular weight excluding hydrogens is 434 g/mol. The van der Waals surface area contributed by atoms with Gasteiger partial charge in [-0.2, -0.15) is 0 Å². The number of aromatic amines is 1. The summed E-state index contributed by atoms with van der Waals surface area (Å²) in [5.41, 5.74) is 1.37. The van der Waals surface area contributed by atoms with E-state index in [1.54, 1.807) is 20.8 Å². The van der Waals surface area contributed by atoms with E-state index in [1.165, 1.54) is 31.2 Å². The van der Waals surface area contributed by atoms with Gasteiger partial charge in [0.1, 0.15) is 0 Å². The van der Waals surface area contributed by atoms with Gasteiger partial charge in [-0.3, -0.25) is 24.5 Å². The number of rotatable bonds is 10. The van der Waals surface area contributed by atoms with Gasteiger partial charge < -0.3 is 19.8 Å². The van der Waals surface area contributed by atoms with Gasteiger partial charge in [0.15, 0.2) is 6.10 Å². The van der Waals surface area contributed by atoms with Crippen LogP contribution in [-0.2, 0) is 14.3 Å². The smallest absolute Gasteiger partial charge is 0.340 e. The Hall–Kier alpha value is -4.02. The molecule has 0 saturated carbocycles. The standard InChI is InChI=1S/C22H25N3O8/c1-5-32-22(29)18-12(2)19(24-13(18)3)20(27)14(4)33-17(26)10-11-23-21(28)15-6-8-16(9-7-15)25(30)31/h6-9,14,24H,5,10-11H2,1-4H3,(H,23,28). The molecule has 1 aromatic carbocycles. The fourth-order valence-electron chi connectivity index (χ4n) is 3.13. The lowest BCUT2D eigenvalue weighted by Crippen LogP contribution is -2.29. The molecular formula is C22H25N3O8. The lowest BCUT2D eigenvalue weighted by atomic mass is 10.1. The number of aryl methyl sites for hydroxylation is 1. The van der Waals surface area contributed by atoms with E-state index in [0.717, 1.165) is 0 Å². The summed E-state index contributed by atoms with van der Waals surface area (Å²) >= 11 is 0. The van der Waals surface area contributed by atoms with Crippen molar-refractivity contribution < 1.29 is 33.6 Å². The third-order valence-electron chi connectivity index (χ3n) is 4.80. The van der Waals surface area contributed by atoms with Gasteiger partial charge in [0.05, 0.1) is 29.2 Å². The lowest BCUT2D eigenvalue weighted by Gasteiger charge is -2.12. The predicted molar refractivity (Wildman–Crippen MR) is 116 cm³/mol. The summed E-state index contributed by atoms with van der Waals surface area (Å²) in [5.74, 6) is -2.26. The van der Waals surface area contributed by atoms with Crippen molar-refractivity contribution in [1.29, 1.82) is 0 Å². The second-order valence-electron chi connectivity index (χ2n) is 7.15. The van der Waals surface area contributed by atoms with E-state index < -0.39 is 34.7 Å². The predicted octanol–water partition coefficient (Wildman–Crippen LogP) is 2.65. The van der Waals surface area contributed by atoms with E-state index in [9.17, 15) is 29.3 Å². The number of ketones is 1. The summed E-state index contributed by atoms with van der Waals surface area (Å²) < 4.78 is 10.2. The Bertz CT molecular complexity index is 1070. The number of non-ortho nitro benzene ring substituents is 1. The van der Waals surface area contributed by atoms with Crippen LogP contribution in [0.2, 0.25) is 0 Å². The summed E-state index contributed by atoms with van der Waals surface area (Å²) in [4.78, 5) is 61.9. The van der Waals surface area contributed by atoms with Gasteiger partial charge in [-0.25, -0.2) is 4.79 Å². The number of nitrogens with one attached hydrogen (secondary N) is 2. The van der Waals surface area contributed by atoms with Crippen molar-refractivity contribution in [3.8, 4) is 0 Å². The van der Waals surface area contributed by atoms with Crippen LogP contribution in [0.5, 0.6) is 0 Å². The number of aromatic nitrogens is 1. The summed E-state index contributed by atoms with van der Waals surface area (Å²) in [6.07, 6.45) is -1.30. The Labute approximate surface area is 189 Å². The first-order chi connectivity index (χ1) is 15.6. The maximum absolute atomic E-state index is 12.7. The number of carbonyl (C=O) groups is 4. The van der Waals surface area contributed by atoms with E-state index in [0.29, 0.717) is 11.3 Å². The third-order valence-corrected chi connectivity index (χ3v) is 4.80. The number of amides is 1. The van der Waals surface area contributed by atoms with Crippen molar-refractivity contribution in [2.24, 2.45) is 0 Å². The Kier molecular flexibility index (Phi) is 8.43. The molecule has 2 N–H and O–H groups in total. The van der Waals surface area contributed by atoms with E-state index >= 15 is 0 Å². The van der Waals surface area contributed by atoms with Crippen LogP contribution < -0.4 is 5.32 Å². The average Bonchev–Trinajstić information content (AvgIpc) is 3.07. The highest BCUT2D eigenvalue weighted by atomic mass is 16.6. The molecule has 1 unspecified atom stereocenters. The topological polar surface area (TPSA) is 158 Å². The number of nitro groups is 1. The van der Waals surface area contributed by atoms with Gasteiger partial charge in [0, 0.05) is 29.9 Å². The summed E-state index contributed by atoms with van der Waals surface area (Å²) in [5, 5.41) is 13.2. The molecule has 176 valence electrons. The molecule has 0 aliphatic rings. The van der Waals surface area contributed by atoms with Crippen LogP contribution in [0, 0.1) is 24.0 Å². The fourth-order valence-corrected chi connectivity index (χ4v) is 3.13. The van der Waals surface area contributed by atoms with Crippen molar-refractivity contribution >= 4 is 29.3 Å². The number of ether oxygens (including phenoxy) is 2. The van der Waals surface area contributed by atoms with Gasteiger partial charge in [0.2, 0.25) is 5.78 Å². The maximum Gasteiger partial charge on any atom is 0.340 e. The molecule has 0 aliphatic heterocycles. The molecule has 1 heterocycles. The molecule has 0 spiro atoms. The minimum absolute atomic E-state index is 0.0524. The SMILES string of the molecule is CCOC(=O)c1c(C)[nH]c(C(=O)C(C)OC(=O)CCNC(=O)c2ccc([N+](=O)[O-])cc2)c1C. The Morgan fingerprint density at radius 3 is 2.36 bits per heavy atom. The van der Waals surface area contributed by atoms with E-state index in [-0.39, 0.29) is 42.1 Å². The van der Waals surface area contributed by atoms with Crippen LogP contribution >= 0.6 is 0 Å². The van der Waals surface area contributed by atoms with Crippen LogP contribution in [0.1, 0.15) is 62.7 Å². The lowest BCUT2D eigenvalue weighted by molar-refractivity contribution is -0.384. The van der Waals surface area contributed by atoms with Crippen LogP contribution in [0.3, 0.4) is 0 Å². The zero-order valence-electron chi connectivity index (χ0n) is 18.7. The van der Waals surface area contributed by atoms with Crippen molar-refractivity contribution in [3.05, 3.63) is 62.5 Å². The number of hydrogen-bond acceptors (Lipinski definition) is 8. The monoisotopic (exact) mass is 459 g/mol. The number of nitrogens with zero attached hydrogens (tertiary/aromatic N) is 1. The van der Waals surface area contributed by atoms with Crippen LogP contribution in [0.15, 0.2) is 24.3 Å². The molecule has 1 atom stereocenters. The third kappa shape index (κ3) is 6.25. The zero-order chi connectivity index (χ0) is 24.7. The number of nitro benzene ring substituents is 1. The van der Waals surface area contributed by atoms with Crippen molar-refractivity contribution in [2.75, 3.05) is 13.2 Å². The highest BCUT2D eigenvalue weighted by Crippen LogP contribution is 2.21. The first-order valence-corrected chi connectivity index (χ1v) is 10.2. The quantitative estimate of drug-likeness (QED) is 0.237. The summed E-state index contributed by atoms with van der Waals surface area (Å²) in [6.45, 7) is 6.47. The molecule has 1 amide bonds. The minimum atomic E-state index is -1.12. The van der Waals surface area contributed by atoms with Crippen LogP contribution in [-0.4, -0.2) is 52.8 Å². The second-order valence-corrected chi connectivity index (χ2v) is 7.15. The van der Waals surface area contributed by atoms with Crippen molar-refractivity contribution in [1.82, 2.24) is 10.3 Å². The first kappa shape index (κ1) is 25.2. The first-order valence-electron chi connectivity index (χ1n) is 10.2. The highest BCUT2D eigenvalue weighted by molar-refractivity contribution is 6.04.